The Morgan fingerprint density at radius 2 is 1.71 bits per heavy atom. The van der Waals surface area contributed by atoms with Gasteiger partial charge in [-0.05, 0) is 73.8 Å². The molecule has 34 heavy (non-hydrogen) atoms. The van der Waals surface area contributed by atoms with Gasteiger partial charge in [-0.15, -0.1) is 5.10 Å². The molecule has 2 saturated heterocycles. The molecule has 3 fully saturated rings. The van der Waals surface area contributed by atoms with E-state index in [1.807, 2.05) is 24.3 Å². The van der Waals surface area contributed by atoms with Crippen molar-refractivity contribution in [1.29, 1.82) is 0 Å². The Hall–Kier alpha value is -2.96. The molecule has 1 saturated carbocycles. The second-order valence-corrected chi connectivity index (χ2v) is 10.1. The van der Waals surface area contributed by atoms with Gasteiger partial charge < -0.3 is 15.1 Å². The number of benzene rings is 1. The first-order chi connectivity index (χ1) is 16.7. The van der Waals surface area contributed by atoms with Crippen molar-refractivity contribution in [2.24, 2.45) is 11.8 Å². The van der Waals surface area contributed by atoms with Gasteiger partial charge >= 0.3 is 0 Å². The fourth-order valence-electron chi connectivity index (χ4n) is 5.78. The number of carbonyl (C=O) groups excluding carboxylic acids is 2. The molecule has 2 amide bonds. The molecule has 1 aromatic heterocycles. The number of hydrogen-bond acceptors (Lipinski definition) is 5. The smallest absolute Gasteiger partial charge is 0.229 e. The van der Waals surface area contributed by atoms with Crippen LogP contribution < -0.4 is 10.2 Å². The summed E-state index contributed by atoms with van der Waals surface area (Å²) in [5.41, 5.74) is 2.14. The van der Waals surface area contributed by atoms with Crippen molar-refractivity contribution in [3.63, 3.8) is 0 Å². The first-order valence-electron chi connectivity index (χ1n) is 12.9. The third-order valence-corrected chi connectivity index (χ3v) is 7.88. The van der Waals surface area contributed by atoms with Crippen molar-refractivity contribution < 1.29 is 9.59 Å². The number of nitrogens with one attached hydrogen (secondary N) is 1. The van der Waals surface area contributed by atoms with Gasteiger partial charge in [0.2, 0.25) is 11.8 Å². The van der Waals surface area contributed by atoms with Crippen LogP contribution in [0.3, 0.4) is 0 Å². The normalized spacial score (nSPS) is 21.7. The minimum absolute atomic E-state index is 0.0484. The molecule has 3 heterocycles. The average Bonchev–Trinajstić information content (AvgIpc) is 3.58. The first kappa shape index (κ1) is 22.8. The highest BCUT2D eigenvalue weighted by Crippen LogP contribution is 2.32. The summed E-state index contributed by atoms with van der Waals surface area (Å²) >= 11 is 0. The number of anilines is 2. The van der Waals surface area contributed by atoms with E-state index in [2.05, 4.69) is 37.4 Å². The molecule has 3 aliphatic rings. The van der Waals surface area contributed by atoms with E-state index in [0.29, 0.717) is 24.3 Å². The SMILES string of the molecule is O=C(Nc1ccc(C2CCN(C(=O)CC3CCCC3)CC2)cc1)C1CCN(c2cccnn2)C1. The number of hydrogen-bond donors (Lipinski definition) is 1. The van der Waals surface area contributed by atoms with Crippen molar-refractivity contribution in [3.8, 4) is 0 Å². The lowest BCUT2D eigenvalue weighted by Gasteiger charge is -2.33. The van der Waals surface area contributed by atoms with E-state index in [9.17, 15) is 9.59 Å². The van der Waals surface area contributed by atoms with E-state index in [1.165, 1.54) is 31.2 Å². The molecule has 180 valence electrons. The van der Waals surface area contributed by atoms with Gasteiger partial charge in [-0.3, -0.25) is 9.59 Å². The lowest BCUT2D eigenvalue weighted by molar-refractivity contribution is -0.133. The Labute approximate surface area is 201 Å². The molecule has 1 unspecified atom stereocenters. The third-order valence-electron chi connectivity index (χ3n) is 7.88. The molecule has 0 bridgehead atoms. The quantitative estimate of drug-likeness (QED) is 0.697. The minimum atomic E-state index is -0.0484. The molecule has 0 spiro atoms. The number of piperidine rings is 1. The number of carbonyl (C=O) groups is 2. The average molecular weight is 462 g/mol. The van der Waals surface area contributed by atoms with Crippen molar-refractivity contribution in [2.75, 3.05) is 36.4 Å². The summed E-state index contributed by atoms with van der Waals surface area (Å²) in [7, 11) is 0. The van der Waals surface area contributed by atoms with Gasteiger partial charge in [-0.2, -0.15) is 5.10 Å². The summed E-state index contributed by atoms with van der Waals surface area (Å²) in [6, 6.07) is 12.1. The third kappa shape index (κ3) is 5.40. The topological polar surface area (TPSA) is 78.4 Å². The van der Waals surface area contributed by atoms with E-state index in [-0.39, 0.29) is 11.8 Å². The largest absolute Gasteiger partial charge is 0.354 e. The second kappa shape index (κ2) is 10.5. The van der Waals surface area contributed by atoms with Crippen LogP contribution in [-0.2, 0) is 9.59 Å². The van der Waals surface area contributed by atoms with Gasteiger partial charge in [0.15, 0.2) is 5.82 Å². The second-order valence-electron chi connectivity index (χ2n) is 10.1. The molecule has 1 aliphatic carbocycles. The highest BCUT2D eigenvalue weighted by Gasteiger charge is 2.30. The van der Waals surface area contributed by atoms with Crippen molar-refractivity contribution in [2.45, 2.75) is 57.3 Å². The zero-order chi connectivity index (χ0) is 23.3. The molecule has 7 heteroatoms. The van der Waals surface area contributed by atoms with Gasteiger partial charge in [0.25, 0.3) is 0 Å². The molecule has 2 aliphatic heterocycles. The van der Waals surface area contributed by atoms with Crippen molar-refractivity contribution in [1.82, 2.24) is 15.1 Å². The number of amides is 2. The summed E-state index contributed by atoms with van der Waals surface area (Å²) < 4.78 is 0. The highest BCUT2D eigenvalue weighted by molar-refractivity contribution is 5.93. The van der Waals surface area contributed by atoms with E-state index < -0.39 is 0 Å². The summed E-state index contributed by atoms with van der Waals surface area (Å²) in [5, 5.41) is 11.2. The van der Waals surface area contributed by atoms with Crippen LogP contribution in [0.5, 0.6) is 0 Å². The molecule has 1 N–H and O–H groups in total. The Morgan fingerprint density at radius 3 is 2.41 bits per heavy atom. The molecule has 0 radical (unpaired) electrons. The molecular weight excluding hydrogens is 426 g/mol. The summed E-state index contributed by atoms with van der Waals surface area (Å²) in [6.45, 7) is 3.20. The predicted octanol–water partition coefficient (Wildman–Crippen LogP) is 4.23. The molecule has 1 atom stereocenters. The van der Waals surface area contributed by atoms with Gasteiger partial charge in [0.05, 0.1) is 5.92 Å². The van der Waals surface area contributed by atoms with Crippen molar-refractivity contribution >= 4 is 23.3 Å². The molecule has 2 aromatic rings. The minimum Gasteiger partial charge on any atom is -0.354 e. The maximum Gasteiger partial charge on any atom is 0.229 e. The monoisotopic (exact) mass is 461 g/mol. The van der Waals surface area contributed by atoms with Crippen LogP contribution in [0.15, 0.2) is 42.6 Å². The fraction of sp³-hybridized carbons (Fsp3) is 0.556. The Bertz CT molecular complexity index is 966. The molecular formula is C27H35N5O2. The van der Waals surface area contributed by atoms with Crippen molar-refractivity contribution in [3.05, 3.63) is 48.2 Å². The van der Waals surface area contributed by atoms with Crippen LogP contribution in [0, 0.1) is 11.8 Å². The van der Waals surface area contributed by atoms with Gasteiger partial charge in [-0.25, -0.2) is 0 Å². The first-order valence-corrected chi connectivity index (χ1v) is 12.9. The van der Waals surface area contributed by atoms with E-state index in [4.69, 9.17) is 0 Å². The van der Waals surface area contributed by atoms with Crippen LogP contribution in [0.4, 0.5) is 11.5 Å². The van der Waals surface area contributed by atoms with E-state index >= 15 is 0 Å². The van der Waals surface area contributed by atoms with E-state index in [1.54, 1.807) is 6.20 Å². The van der Waals surface area contributed by atoms with Crippen LogP contribution in [0.1, 0.15) is 62.8 Å². The zero-order valence-corrected chi connectivity index (χ0v) is 19.9. The van der Waals surface area contributed by atoms with Crippen LogP contribution in [-0.4, -0.2) is 53.1 Å². The van der Waals surface area contributed by atoms with Crippen LogP contribution in [0.25, 0.3) is 0 Å². The molecule has 1 aromatic carbocycles. The van der Waals surface area contributed by atoms with Crippen LogP contribution in [0.2, 0.25) is 0 Å². The van der Waals surface area contributed by atoms with Crippen LogP contribution >= 0.6 is 0 Å². The Balaban J connectivity index is 1.08. The zero-order valence-electron chi connectivity index (χ0n) is 19.9. The number of likely N-dealkylation sites (tertiary alicyclic amines) is 1. The maximum atomic E-state index is 12.8. The standard InChI is InChI=1S/C27H35N5O2/c33-26(18-20-4-1-2-5-20)31-15-11-22(12-16-31)21-7-9-24(10-8-21)29-27(34)23-13-17-32(19-23)25-6-3-14-28-30-25/h3,6-10,14,20,22-23H,1-2,4-5,11-13,15-19H2,(H,29,34). The maximum absolute atomic E-state index is 12.8. The van der Waals surface area contributed by atoms with E-state index in [0.717, 1.165) is 56.8 Å². The predicted molar refractivity (Wildman–Crippen MR) is 133 cm³/mol. The highest BCUT2D eigenvalue weighted by atomic mass is 16.2. The lowest BCUT2D eigenvalue weighted by atomic mass is 9.89. The summed E-state index contributed by atoms with van der Waals surface area (Å²) in [5.74, 6) is 2.30. The van der Waals surface area contributed by atoms with Gasteiger partial charge in [0, 0.05) is 44.5 Å². The lowest BCUT2D eigenvalue weighted by Crippen LogP contribution is -2.38. The number of rotatable bonds is 6. The summed E-state index contributed by atoms with van der Waals surface area (Å²) in [6.07, 6.45) is 10.3. The number of nitrogens with zero attached hydrogens (tertiary/aromatic N) is 4. The molecule has 7 nitrogen and oxygen atoms in total. The Kier molecular flexibility index (Phi) is 7.07. The van der Waals surface area contributed by atoms with Gasteiger partial charge in [0.1, 0.15) is 0 Å². The molecule has 5 rings (SSSR count). The summed E-state index contributed by atoms with van der Waals surface area (Å²) in [4.78, 5) is 29.6. The number of aromatic nitrogens is 2. The fourth-order valence-corrected chi connectivity index (χ4v) is 5.78. The van der Waals surface area contributed by atoms with Gasteiger partial charge in [-0.1, -0.05) is 25.0 Å². The Morgan fingerprint density at radius 1 is 0.941 bits per heavy atom.